The maximum atomic E-state index is 12.9. The summed E-state index contributed by atoms with van der Waals surface area (Å²) in [7, 11) is 1.60. The van der Waals surface area contributed by atoms with Crippen LogP contribution < -0.4 is 16.3 Å². The maximum absolute atomic E-state index is 12.9. The van der Waals surface area contributed by atoms with Gasteiger partial charge in [0.05, 0.1) is 10.9 Å². The van der Waals surface area contributed by atoms with Gasteiger partial charge in [0.25, 0.3) is 11.5 Å². The van der Waals surface area contributed by atoms with Crippen LogP contribution in [0.25, 0.3) is 22.3 Å². The summed E-state index contributed by atoms with van der Waals surface area (Å²) in [5, 5.41) is 2.93. The number of amides is 1. The number of aryl methyl sites for hydroxylation is 1. The molecule has 0 saturated heterocycles. The van der Waals surface area contributed by atoms with E-state index in [1.807, 2.05) is 30.3 Å². The first-order valence-electron chi connectivity index (χ1n) is 9.06. The van der Waals surface area contributed by atoms with E-state index in [4.69, 9.17) is 4.42 Å². The average molecular weight is 386 g/mol. The molecule has 1 amide bonds. The third kappa shape index (κ3) is 3.25. The molecule has 0 spiro atoms. The van der Waals surface area contributed by atoms with Crippen molar-refractivity contribution in [2.24, 2.45) is 7.05 Å². The number of pyridine rings is 1. The van der Waals surface area contributed by atoms with Gasteiger partial charge in [0.1, 0.15) is 11.4 Å². The molecule has 0 saturated carbocycles. The van der Waals surface area contributed by atoms with E-state index in [0.29, 0.717) is 16.7 Å². The van der Waals surface area contributed by atoms with Gasteiger partial charge in [0.2, 0.25) is 0 Å². The lowest BCUT2D eigenvalue weighted by Crippen LogP contribution is -2.24. The van der Waals surface area contributed by atoms with Gasteiger partial charge in [-0.05, 0) is 31.2 Å². The normalized spacial score (nSPS) is 10.8. The molecule has 29 heavy (non-hydrogen) atoms. The van der Waals surface area contributed by atoms with E-state index < -0.39 is 5.91 Å². The van der Waals surface area contributed by atoms with Crippen molar-refractivity contribution in [3.05, 3.63) is 98.6 Å². The highest BCUT2D eigenvalue weighted by Crippen LogP contribution is 2.27. The highest BCUT2D eigenvalue weighted by Gasteiger charge is 2.19. The van der Waals surface area contributed by atoms with Crippen molar-refractivity contribution >= 4 is 22.6 Å². The Bertz CT molecular complexity index is 1350. The quantitative estimate of drug-likeness (QED) is 0.582. The molecule has 144 valence electrons. The minimum absolute atomic E-state index is 0.148. The second-order valence-corrected chi connectivity index (χ2v) is 6.73. The maximum Gasteiger partial charge on any atom is 0.274 e. The topological polar surface area (TPSA) is 81.3 Å². The van der Waals surface area contributed by atoms with Gasteiger partial charge in [0.15, 0.2) is 11.0 Å². The van der Waals surface area contributed by atoms with Crippen LogP contribution in [-0.2, 0) is 7.05 Å². The summed E-state index contributed by atoms with van der Waals surface area (Å²) in [5.74, 6) is -0.108. The van der Waals surface area contributed by atoms with Crippen molar-refractivity contribution in [1.29, 1.82) is 0 Å². The largest absolute Gasteiger partial charge is 0.455 e. The fraction of sp³-hybridized carbons (Fsp3) is 0.0870. The van der Waals surface area contributed by atoms with Gasteiger partial charge in [-0.25, -0.2) is 0 Å². The molecule has 2 heterocycles. The van der Waals surface area contributed by atoms with Crippen molar-refractivity contribution in [3.8, 4) is 11.3 Å². The van der Waals surface area contributed by atoms with E-state index >= 15 is 0 Å². The van der Waals surface area contributed by atoms with Crippen molar-refractivity contribution < 1.29 is 9.21 Å². The van der Waals surface area contributed by atoms with E-state index in [2.05, 4.69) is 5.32 Å². The summed E-state index contributed by atoms with van der Waals surface area (Å²) in [6.45, 7) is 1.70. The minimum Gasteiger partial charge on any atom is -0.455 e. The van der Waals surface area contributed by atoms with Crippen molar-refractivity contribution in [2.75, 3.05) is 5.32 Å². The van der Waals surface area contributed by atoms with Gasteiger partial charge in [-0.3, -0.25) is 14.4 Å². The number of carbonyl (C=O) groups excluding carboxylic acids is 1. The zero-order chi connectivity index (χ0) is 20.5. The smallest absolute Gasteiger partial charge is 0.274 e. The molecule has 0 fully saturated rings. The molecule has 2 aromatic heterocycles. The number of benzene rings is 2. The van der Waals surface area contributed by atoms with Gasteiger partial charge in [-0.2, -0.15) is 0 Å². The fourth-order valence-corrected chi connectivity index (χ4v) is 3.24. The van der Waals surface area contributed by atoms with Crippen LogP contribution in [0, 0.1) is 6.92 Å². The van der Waals surface area contributed by atoms with E-state index in [-0.39, 0.29) is 27.8 Å². The van der Waals surface area contributed by atoms with Crippen LogP contribution in [0.1, 0.15) is 15.9 Å². The molecule has 0 aliphatic carbocycles. The first kappa shape index (κ1) is 18.4. The Labute approximate surface area is 166 Å². The van der Waals surface area contributed by atoms with E-state index in [1.54, 1.807) is 44.4 Å². The summed E-state index contributed by atoms with van der Waals surface area (Å²) in [5.41, 5.74) is 1.21. The molecular weight excluding hydrogens is 368 g/mol. The second-order valence-electron chi connectivity index (χ2n) is 6.73. The molecule has 0 aliphatic heterocycles. The Kier molecular flexibility index (Phi) is 4.60. The monoisotopic (exact) mass is 386 g/mol. The Morgan fingerprint density at radius 3 is 2.48 bits per heavy atom. The number of nitrogens with zero attached hydrogens (tertiary/aromatic N) is 1. The van der Waals surface area contributed by atoms with Crippen molar-refractivity contribution in [1.82, 2.24) is 4.57 Å². The van der Waals surface area contributed by atoms with Crippen LogP contribution >= 0.6 is 0 Å². The molecule has 0 aliphatic rings. The molecular formula is C23H18N2O4. The van der Waals surface area contributed by atoms with Crippen molar-refractivity contribution in [2.45, 2.75) is 6.92 Å². The zero-order valence-electron chi connectivity index (χ0n) is 15.9. The lowest BCUT2D eigenvalue weighted by Gasteiger charge is -2.11. The average Bonchev–Trinajstić information content (AvgIpc) is 2.74. The first-order chi connectivity index (χ1) is 14.0. The highest BCUT2D eigenvalue weighted by atomic mass is 16.3. The van der Waals surface area contributed by atoms with Crippen LogP contribution in [0.15, 0.2) is 80.9 Å². The molecule has 1 N–H and O–H groups in total. The molecule has 0 atom stereocenters. The van der Waals surface area contributed by atoms with Crippen LogP contribution in [0.2, 0.25) is 0 Å². The van der Waals surface area contributed by atoms with Crippen LogP contribution in [-0.4, -0.2) is 10.5 Å². The van der Waals surface area contributed by atoms with Gasteiger partial charge in [-0.15, -0.1) is 0 Å². The molecule has 0 bridgehead atoms. The number of carbonyl (C=O) groups is 1. The Hall–Kier alpha value is -3.93. The number of rotatable bonds is 3. The van der Waals surface area contributed by atoms with Gasteiger partial charge >= 0.3 is 0 Å². The van der Waals surface area contributed by atoms with E-state index in [9.17, 15) is 14.4 Å². The van der Waals surface area contributed by atoms with Gasteiger partial charge in [-0.1, -0.05) is 36.4 Å². The lowest BCUT2D eigenvalue weighted by atomic mass is 10.0. The number of para-hydroxylation sites is 1. The zero-order valence-corrected chi connectivity index (χ0v) is 15.9. The number of hydrogen-bond donors (Lipinski definition) is 1. The van der Waals surface area contributed by atoms with E-state index in [1.165, 1.54) is 10.6 Å². The summed E-state index contributed by atoms with van der Waals surface area (Å²) in [6.07, 6.45) is 1.60. The molecule has 4 rings (SSSR count). The van der Waals surface area contributed by atoms with Gasteiger partial charge < -0.3 is 14.3 Å². The molecule has 6 nitrogen and oxygen atoms in total. The SMILES string of the molecule is Cc1c(-c2ccccc2)oc2c(C(=O)Nc3cccn(C)c3=O)cccc2c1=O. The summed E-state index contributed by atoms with van der Waals surface area (Å²) >= 11 is 0. The standard InChI is InChI=1S/C23H18N2O4/c1-14-19(26)16-10-6-11-17(21(16)29-20(14)15-8-4-3-5-9-15)22(27)24-18-12-7-13-25(2)23(18)28/h3-13H,1-2H3,(H,24,27). The molecule has 2 aromatic carbocycles. The van der Waals surface area contributed by atoms with Crippen molar-refractivity contribution in [3.63, 3.8) is 0 Å². The van der Waals surface area contributed by atoms with Crippen LogP contribution in [0.5, 0.6) is 0 Å². The summed E-state index contributed by atoms with van der Waals surface area (Å²) in [6, 6.07) is 17.3. The Balaban J connectivity index is 1.88. The Morgan fingerprint density at radius 2 is 1.72 bits per heavy atom. The van der Waals surface area contributed by atoms with Crippen LogP contribution in [0.4, 0.5) is 5.69 Å². The number of nitrogens with one attached hydrogen (secondary N) is 1. The predicted octanol–water partition coefficient (Wildman–Crippen LogP) is 3.72. The summed E-state index contributed by atoms with van der Waals surface area (Å²) in [4.78, 5) is 38.0. The number of hydrogen-bond acceptors (Lipinski definition) is 4. The van der Waals surface area contributed by atoms with Gasteiger partial charge in [0, 0.05) is 24.4 Å². The number of aromatic nitrogens is 1. The number of fused-ring (bicyclic) bond motifs is 1. The molecule has 4 aromatic rings. The lowest BCUT2D eigenvalue weighted by molar-refractivity contribution is 0.102. The highest BCUT2D eigenvalue weighted by molar-refractivity contribution is 6.11. The van der Waals surface area contributed by atoms with Crippen LogP contribution in [0.3, 0.4) is 0 Å². The third-order valence-electron chi connectivity index (χ3n) is 4.80. The first-order valence-corrected chi connectivity index (χ1v) is 9.06. The predicted molar refractivity (Wildman–Crippen MR) is 112 cm³/mol. The second kappa shape index (κ2) is 7.24. The van der Waals surface area contributed by atoms with E-state index in [0.717, 1.165) is 5.56 Å². The summed E-state index contributed by atoms with van der Waals surface area (Å²) < 4.78 is 7.43. The third-order valence-corrected chi connectivity index (χ3v) is 4.80. The Morgan fingerprint density at radius 1 is 0.966 bits per heavy atom. The fourth-order valence-electron chi connectivity index (χ4n) is 3.24. The molecule has 6 heteroatoms. The number of anilines is 1. The molecule has 0 radical (unpaired) electrons. The molecule has 0 unspecified atom stereocenters. The minimum atomic E-state index is -0.523.